The lowest BCUT2D eigenvalue weighted by atomic mass is 10.2. The van der Waals surface area contributed by atoms with Crippen LogP contribution >= 0.6 is 15.9 Å². The number of carbonyl (C=O) groups is 1. The van der Waals surface area contributed by atoms with Crippen molar-refractivity contribution >= 4 is 38.8 Å². The van der Waals surface area contributed by atoms with Gasteiger partial charge in [0.1, 0.15) is 5.58 Å². The van der Waals surface area contributed by atoms with Crippen LogP contribution in [0, 0.1) is 0 Å². The molecule has 0 spiro atoms. The van der Waals surface area contributed by atoms with Gasteiger partial charge in [-0.1, -0.05) is 35.4 Å². The number of carbonyl (C=O) groups excluding carboxylic acids is 1. The van der Waals surface area contributed by atoms with Crippen LogP contribution in [0.25, 0.3) is 16.7 Å². The van der Waals surface area contributed by atoms with E-state index in [2.05, 4.69) is 36.4 Å². The van der Waals surface area contributed by atoms with Gasteiger partial charge >= 0.3 is 0 Å². The maximum absolute atomic E-state index is 12.9. The van der Waals surface area contributed by atoms with Crippen LogP contribution in [0.3, 0.4) is 0 Å². The monoisotopic (exact) mass is 452 g/mol. The number of tetrazole rings is 1. The number of nitrogens with zero attached hydrogens (tertiary/aromatic N) is 6. The minimum Gasteiger partial charge on any atom is -0.450 e. The van der Waals surface area contributed by atoms with Crippen molar-refractivity contribution in [1.29, 1.82) is 0 Å². The highest BCUT2D eigenvalue weighted by atomic mass is 79.9. The Morgan fingerprint density at radius 2 is 1.79 bits per heavy atom. The van der Waals surface area contributed by atoms with Crippen LogP contribution in [0.2, 0.25) is 0 Å². The Kier molecular flexibility index (Phi) is 4.51. The van der Waals surface area contributed by atoms with Crippen LogP contribution in [-0.2, 0) is 0 Å². The lowest BCUT2D eigenvalue weighted by Gasteiger charge is -2.34. The van der Waals surface area contributed by atoms with Crippen molar-refractivity contribution in [2.45, 2.75) is 0 Å². The van der Waals surface area contributed by atoms with Gasteiger partial charge in [-0.3, -0.25) is 4.79 Å². The highest BCUT2D eigenvalue weighted by molar-refractivity contribution is 9.10. The van der Waals surface area contributed by atoms with Crippen LogP contribution in [-0.4, -0.2) is 57.2 Å². The van der Waals surface area contributed by atoms with Crippen molar-refractivity contribution in [2.75, 3.05) is 31.1 Å². The molecule has 0 radical (unpaired) electrons. The number of rotatable bonds is 3. The van der Waals surface area contributed by atoms with Crippen molar-refractivity contribution in [3.8, 4) is 5.69 Å². The van der Waals surface area contributed by atoms with Gasteiger partial charge < -0.3 is 14.2 Å². The number of para-hydroxylation sites is 2. The standard InChI is InChI=1S/C20H17BrN6O2/c21-16-8-4-5-14-13-17(29-18(14)16)19(28)25-9-11-26(12-10-25)20-22-23-24-27(20)15-6-2-1-3-7-15/h1-8,13H,9-12H2. The van der Waals surface area contributed by atoms with E-state index in [1.54, 1.807) is 15.6 Å². The summed E-state index contributed by atoms with van der Waals surface area (Å²) in [6, 6.07) is 17.3. The molecule has 1 amide bonds. The highest BCUT2D eigenvalue weighted by Gasteiger charge is 2.27. The van der Waals surface area contributed by atoms with Crippen molar-refractivity contribution in [3.05, 3.63) is 64.8 Å². The van der Waals surface area contributed by atoms with Crippen LogP contribution in [0.5, 0.6) is 0 Å². The molecule has 3 heterocycles. The van der Waals surface area contributed by atoms with Crippen molar-refractivity contribution in [1.82, 2.24) is 25.1 Å². The summed E-state index contributed by atoms with van der Waals surface area (Å²) in [7, 11) is 0. The van der Waals surface area contributed by atoms with Gasteiger partial charge in [-0.25, -0.2) is 0 Å². The molecule has 146 valence electrons. The van der Waals surface area contributed by atoms with Gasteiger partial charge in [0.05, 0.1) is 10.2 Å². The summed E-state index contributed by atoms with van der Waals surface area (Å²) in [6.45, 7) is 2.42. The molecule has 0 bridgehead atoms. The fourth-order valence-corrected chi connectivity index (χ4v) is 3.98. The second-order valence-electron chi connectivity index (χ2n) is 6.77. The SMILES string of the molecule is O=C(c1cc2cccc(Br)c2o1)N1CCN(c2nnnn2-c2ccccc2)CC1. The maximum Gasteiger partial charge on any atom is 0.289 e. The molecule has 0 atom stereocenters. The summed E-state index contributed by atoms with van der Waals surface area (Å²) in [5, 5.41) is 13.0. The zero-order valence-electron chi connectivity index (χ0n) is 15.4. The van der Waals surface area contributed by atoms with Gasteiger partial charge in [0.25, 0.3) is 5.91 Å². The van der Waals surface area contributed by atoms with Crippen molar-refractivity contribution in [3.63, 3.8) is 0 Å². The molecule has 1 fully saturated rings. The Hall–Kier alpha value is -3.20. The third-order valence-corrected chi connectivity index (χ3v) is 5.63. The predicted molar refractivity (Wildman–Crippen MR) is 111 cm³/mol. The number of amides is 1. The van der Waals surface area contributed by atoms with E-state index in [1.807, 2.05) is 48.5 Å². The van der Waals surface area contributed by atoms with Crippen LogP contribution in [0.1, 0.15) is 10.6 Å². The first-order valence-electron chi connectivity index (χ1n) is 9.27. The van der Waals surface area contributed by atoms with E-state index in [9.17, 15) is 4.79 Å². The van der Waals surface area contributed by atoms with Gasteiger partial charge in [0, 0.05) is 31.6 Å². The Balaban J connectivity index is 1.31. The molecule has 0 N–H and O–H groups in total. The summed E-state index contributed by atoms with van der Waals surface area (Å²) in [5.41, 5.74) is 1.59. The van der Waals surface area contributed by atoms with E-state index in [0.717, 1.165) is 15.5 Å². The van der Waals surface area contributed by atoms with Gasteiger partial charge in [-0.2, -0.15) is 4.68 Å². The van der Waals surface area contributed by atoms with Gasteiger partial charge in [0.15, 0.2) is 5.76 Å². The van der Waals surface area contributed by atoms with E-state index in [0.29, 0.717) is 43.5 Å². The normalized spacial score (nSPS) is 14.5. The average molecular weight is 453 g/mol. The Morgan fingerprint density at radius 1 is 1.00 bits per heavy atom. The van der Waals surface area contributed by atoms with E-state index in [4.69, 9.17) is 4.42 Å². The first kappa shape index (κ1) is 17.9. The number of fused-ring (bicyclic) bond motifs is 1. The Morgan fingerprint density at radius 3 is 2.55 bits per heavy atom. The molecule has 0 unspecified atom stereocenters. The average Bonchev–Trinajstić information content (AvgIpc) is 3.42. The number of benzene rings is 2. The third-order valence-electron chi connectivity index (χ3n) is 5.01. The smallest absolute Gasteiger partial charge is 0.289 e. The summed E-state index contributed by atoms with van der Waals surface area (Å²) in [4.78, 5) is 16.8. The van der Waals surface area contributed by atoms with Crippen molar-refractivity contribution < 1.29 is 9.21 Å². The molecule has 5 rings (SSSR count). The van der Waals surface area contributed by atoms with E-state index >= 15 is 0 Å². The lowest BCUT2D eigenvalue weighted by Crippen LogP contribution is -2.49. The fourth-order valence-electron chi connectivity index (χ4n) is 3.51. The largest absolute Gasteiger partial charge is 0.450 e. The van der Waals surface area contributed by atoms with E-state index in [1.165, 1.54) is 0 Å². The minimum atomic E-state index is -0.101. The number of furan rings is 1. The highest BCUT2D eigenvalue weighted by Crippen LogP contribution is 2.28. The number of piperazine rings is 1. The molecule has 2 aromatic carbocycles. The number of aromatic nitrogens is 4. The number of anilines is 1. The maximum atomic E-state index is 12.9. The van der Waals surface area contributed by atoms with Gasteiger partial charge in [-0.05, 0) is 50.6 Å². The number of hydrogen-bond donors (Lipinski definition) is 0. The Bertz CT molecular complexity index is 1160. The van der Waals surface area contributed by atoms with Crippen LogP contribution < -0.4 is 4.90 Å². The summed E-state index contributed by atoms with van der Waals surface area (Å²) < 4.78 is 8.36. The zero-order chi connectivity index (χ0) is 19.8. The van der Waals surface area contributed by atoms with Gasteiger partial charge in [-0.15, -0.1) is 0 Å². The number of hydrogen-bond acceptors (Lipinski definition) is 6. The topological polar surface area (TPSA) is 80.3 Å². The molecular weight excluding hydrogens is 436 g/mol. The molecule has 1 aliphatic heterocycles. The number of halogens is 1. The second-order valence-corrected chi connectivity index (χ2v) is 7.63. The van der Waals surface area contributed by atoms with Crippen LogP contribution in [0.15, 0.2) is 63.5 Å². The summed E-state index contributed by atoms with van der Waals surface area (Å²) >= 11 is 3.46. The van der Waals surface area contributed by atoms with E-state index < -0.39 is 0 Å². The first-order chi connectivity index (χ1) is 14.2. The molecule has 29 heavy (non-hydrogen) atoms. The van der Waals surface area contributed by atoms with Crippen LogP contribution in [0.4, 0.5) is 5.95 Å². The molecule has 4 aromatic rings. The molecule has 0 aliphatic carbocycles. The zero-order valence-corrected chi connectivity index (χ0v) is 17.0. The minimum absolute atomic E-state index is 0.101. The Labute approximate surface area is 174 Å². The summed E-state index contributed by atoms with van der Waals surface area (Å²) in [5.74, 6) is 0.931. The molecule has 1 saturated heterocycles. The van der Waals surface area contributed by atoms with E-state index in [-0.39, 0.29) is 5.91 Å². The molecule has 8 nitrogen and oxygen atoms in total. The molecule has 2 aromatic heterocycles. The van der Waals surface area contributed by atoms with Crippen molar-refractivity contribution in [2.24, 2.45) is 0 Å². The quantitative estimate of drug-likeness (QED) is 0.474. The molecule has 1 aliphatic rings. The summed E-state index contributed by atoms with van der Waals surface area (Å²) in [6.07, 6.45) is 0. The third kappa shape index (κ3) is 3.27. The fraction of sp³-hybridized carbons (Fsp3) is 0.200. The van der Waals surface area contributed by atoms with Gasteiger partial charge in [0.2, 0.25) is 5.95 Å². The molecule has 0 saturated carbocycles. The first-order valence-corrected chi connectivity index (χ1v) is 10.1. The molecular formula is C20H17BrN6O2. The predicted octanol–water partition coefficient (Wildman–Crippen LogP) is 3.13. The second kappa shape index (κ2) is 7.32. The molecule has 9 heteroatoms. The lowest BCUT2D eigenvalue weighted by molar-refractivity contribution is 0.0716.